The van der Waals surface area contributed by atoms with Crippen LogP contribution in [0.15, 0.2) is 0 Å². The molecular formula is C6H14BaO2. The number of carbonyl (C=O) groups is 1. The Morgan fingerprint density at radius 2 is 2.22 bits per heavy atom. The Balaban J connectivity index is 0. The molecule has 0 aliphatic heterocycles. The van der Waals surface area contributed by atoms with E-state index in [0.29, 0.717) is 0 Å². The standard InChI is InChI=1S/C6H12O2.Ba.2H/c1-2-3-5-8-6-4-7;;;/h4H,2-3,5-6H2,1H3;;;. The second-order valence-electron chi connectivity index (χ2n) is 1.60. The van der Waals surface area contributed by atoms with Crippen molar-refractivity contribution in [3.8, 4) is 0 Å². The molecule has 0 aromatic heterocycles. The third-order valence-corrected chi connectivity index (χ3v) is 0.828. The fraction of sp³-hybridized carbons (Fsp3) is 0.833. The summed E-state index contributed by atoms with van der Waals surface area (Å²) in [7, 11) is 0. The van der Waals surface area contributed by atoms with Gasteiger partial charge in [-0.3, -0.25) is 0 Å². The number of hydrogen-bond acceptors (Lipinski definition) is 2. The van der Waals surface area contributed by atoms with Crippen molar-refractivity contribution >= 4 is 55.2 Å². The molecule has 0 N–H and O–H groups in total. The normalized spacial score (nSPS) is 8.11. The van der Waals surface area contributed by atoms with E-state index in [9.17, 15) is 4.79 Å². The second kappa shape index (κ2) is 11.9. The van der Waals surface area contributed by atoms with Crippen LogP contribution in [0, 0.1) is 0 Å². The van der Waals surface area contributed by atoms with E-state index in [1.807, 2.05) is 0 Å². The van der Waals surface area contributed by atoms with E-state index in [2.05, 4.69) is 6.92 Å². The monoisotopic (exact) mass is 256 g/mol. The first-order valence-corrected chi connectivity index (χ1v) is 2.93. The molecular weight excluding hydrogens is 241 g/mol. The van der Waals surface area contributed by atoms with Gasteiger partial charge in [0.2, 0.25) is 0 Å². The van der Waals surface area contributed by atoms with Crippen molar-refractivity contribution in [3.63, 3.8) is 0 Å². The Morgan fingerprint density at radius 3 is 2.67 bits per heavy atom. The molecule has 0 spiro atoms. The number of unbranched alkanes of at least 4 members (excludes halogenated alkanes) is 1. The summed E-state index contributed by atoms with van der Waals surface area (Å²) in [5.74, 6) is 0. The van der Waals surface area contributed by atoms with E-state index >= 15 is 0 Å². The quantitative estimate of drug-likeness (QED) is 0.395. The van der Waals surface area contributed by atoms with Crippen molar-refractivity contribution in [2.24, 2.45) is 0 Å². The Morgan fingerprint density at radius 1 is 1.56 bits per heavy atom. The van der Waals surface area contributed by atoms with Gasteiger partial charge < -0.3 is 9.53 Å². The predicted octanol–water partition coefficient (Wildman–Crippen LogP) is 0.0858. The van der Waals surface area contributed by atoms with Crippen molar-refractivity contribution in [3.05, 3.63) is 0 Å². The zero-order chi connectivity index (χ0) is 6.24. The molecule has 0 amide bonds. The van der Waals surface area contributed by atoms with Gasteiger partial charge in [0.25, 0.3) is 0 Å². The maximum atomic E-state index is 9.64. The summed E-state index contributed by atoms with van der Waals surface area (Å²) in [4.78, 5) is 9.64. The summed E-state index contributed by atoms with van der Waals surface area (Å²) in [6.45, 7) is 3.06. The van der Waals surface area contributed by atoms with Crippen molar-refractivity contribution < 1.29 is 9.53 Å². The topological polar surface area (TPSA) is 26.3 Å². The van der Waals surface area contributed by atoms with Gasteiger partial charge in [-0.2, -0.15) is 0 Å². The molecule has 0 aromatic carbocycles. The zero-order valence-electron chi connectivity index (χ0n) is 5.22. The summed E-state index contributed by atoms with van der Waals surface area (Å²) in [6, 6.07) is 0. The number of ether oxygens (including phenoxy) is 1. The minimum atomic E-state index is 0. The van der Waals surface area contributed by atoms with Crippen LogP contribution in [0.5, 0.6) is 0 Å². The average molecular weight is 256 g/mol. The summed E-state index contributed by atoms with van der Waals surface area (Å²) in [6.07, 6.45) is 2.95. The van der Waals surface area contributed by atoms with Gasteiger partial charge in [-0.25, -0.2) is 0 Å². The molecule has 0 atom stereocenters. The van der Waals surface area contributed by atoms with Crippen LogP contribution in [0.3, 0.4) is 0 Å². The molecule has 9 heavy (non-hydrogen) atoms. The molecule has 0 saturated carbocycles. The van der Waals surface area contributed by atoms with Gasteiger partial charge in [0.1, 0.15) is 12.9 Å². The van der Waals surface area contributed by atoms with Crippen LogP contribution < -0.4 is 0 Å². The van der Waals surface area contributed by atoms with E-state index in [4.69, 9.17) is 4.74 Å². The molecule has 0 saturated heterocycles. The molecule has 0 aliphatic carbocycles. The van der Waals surface area contributed by atoms with Gasteiger partial charge in [0.15, 0.2) is 0 Å². The molecule has 0 fully saturated rings. The molecule has 0 aromatic rings. The number of carbonyl (C=O) groups excluding carboxylic acids is 1. The number of hydrogen-bond donors (Lipinski definition) is 0. The summed E-state index contributed by atoms with van der Waals surface area (Å²) in [5, 5.41) is 0. The van der Waals surface area contributed by atoms with Crippen molar-refractivity contribution in [1.29, 1.82) is 0 Å². The Kier molecular flexibility index (Phi) is 17.0. The van der Waals surface area contributed by atoms with Crippen LogP contribution in [-0.2, 0) is 9.53 Å². The van der Waals surface area contributed by atoms with E-state index in [-0.39, 0.29) is 55.5 Å². The molecule has 0 bridgehead atoms. The first kappa shape index (κ1) is 12.8. The van der Waals surface area contributed by atoms with E-state index in [1.54, 1.807) is 0 Å². The molecule has 52 valence electrons. The van der Waals surface area contributed by atoms with Crippen molar-refractivity contribution in [2.45, 2.75) is 19.8 Å². The van der Waals surface area contributed by atoms with Crippen LogP contribution in [0.1, 0.15) is 19.8 Å². The summed E-state index contributed by atoms with van der Waals surface area (Å²) in [5.41, 5.74) is 0. The Bertz CT molecular complexity index is 57.0. The third-order valence-electron chi connectivity index (χ3n) is 0.828. The van der Waals surface area contributed by atoms with Gasteiger partial charge in [-0.15, -0.1) is 0 Å². The minimum absolute atomic E-state index is 0. The first-order valence-electron chi connectivity index (χ1n) is 2.93. The van der Waals surface area contributed by atoms with E-state index in [0.717, 1.165) is 25.7 Å². The van der Waals surface area contributed by atoms with E-state index in [1.165, 1.54) is 0 Å². The third kappa shape index (κ3) is 12.4. The molecule has 3 heteroatoms. The SMILES string of the molecule is CCCCOCC=O.[BaH2]. The van der Waals surface area contributed by atoms with Crippen LogP contribution >= 0.6 is 0 Å². The molecule has 0 unspecified atom stereocenters. The zero-order valence-corrected chi connectivity index (χ0v) is 5.22. The molecule has 0 aliphatic rings. The second-order valence-corrected chi connectivity index (χ2v) is 1.60. The fourth-order valence-corrected chi connectivity index (χ4v) is 0.378. The van der Waals surface area contributed by atoms with Gasteiger partial charge >= 0.3 is 48.9 Å². The van der Waals surface area contributed by atoms with Gasteiger partial charge in [0.05, 0.1) is 0 Å². The van der Waals surface area contributed by atoms with Crippen molar-refractivity contribution in [1.82, 2.24) is 0 Å². The molecule has 0 radical (unpaired) electrons. The molecule has 2 nitrogen and oxygen atoms in total. The van der Waals surface area contributed by atoms with Crippen LogP contribution in [0.25, 0.3) is 0 Å². The van der Waals surface area contributed by atoms with Gasteiger partial charge in [0, 0.05) is 6.61 Å². The van der Waals surface area contributed by atoms with Crippen LogP contribution in [0.2, 0.25) is 0 Å². The Hall–Kier alpha value is 1.20. The summed E-state index contributed by atoms with van der Waals surface area (Å²) < 4.78 is 4.86. The van der Waals surface area contributed by atoms with Crippen LogP contribution in [0.4, 0.5) is 0 Å². The number of aldehydes is 1. The Labute approximate surface area is 96.4 Å². The molecule has 0 heterocycles. The van der Waals surface area contributed by atoms with Crippen LogP contribution in [-0.4, -0.2) is 68.4 Å². The maximum absolute atomic E-state index is 9.64. The predicted molar refractivity (Wildman–Crippen MR) is 40.3 cm³/mol. The van der Waals surface area contributed by atoms with Gasteiger partial charge in [-0.1, -0.05) is 13.3 Å². The van der Waals surface area contributed by atoms with Gasteiger partial charge in [-0.05, 0) is 6.42 Å². The van der Waals surface area contributed by atoms with Crippen molar-refractivity contribution in [2.75, 3.05) is 13.2 Å². The summed E-state index contributed by atoms with van der Waals surface area (Å²) >= 11 is 0. The number of rotatable bonds is 5. The van der Waals surface area contributed by atoms with E-state index < -0.39 is 0 Å². The molecule has 0 rings (SSSR count). The average Bonchev–Trinajstić information content (AvgIpc) is 1.81. The first-order chi connectivity index (χ1) is 3.91. The fourth-order valence-electron chi connectivity index (χ4n) is 0.378.